The molecule has 0 heterocycles. The first-order valence-corrected chi connectivity index (χ1v) is 13.9. The minimum absolute atomic E-state index is 0.0263. The second kappa shape index (κ2) is 6.95. The van der Waals surface area contributed by atoms with E-state index in [2.05, 4.69) is 41.5 Å². The second-order valence-corrected chi connectivity index (χ2v) is 15.2. The van der Waals surface area contributed by atoms with E-state index in [1.807, 2.05) is 6.92 Å². The predicted octanol–water partition coefficient (Wildman–Crippen LogP) is 6.61. The van der Waals surface area contributed by atoms with Crippen molar-refractivity contribution in [3.8, 4) is 0 Å². The Kier molecular flexibility index (Phi) is 5.06. The summed E-state index contributed by atoms with van der Waals surface area (Å²) in [5, 5.41) is 10.7. The van der Waals surface area contributed by atoms with Crippen LogP contribution in [0.4, 0.5) is 0 Å². The fraction of sp³-hybridized carbons (Fsp3) is 0.933. The van der Waals surface area contributed by atoms with Crippen molar-refractivity contribution < 1.29 is 14.7 Å². The van der Waals surface area contributed by atoms with Crippen LogP contribution in [0.15, 0.2) is 0 Å². The summed E-state index contributed by atoms with van der Waals surface area (Å²) in [5.74, 6) is 1.04. The fourth-order valence-electron chi connectivity index (χ4n) is 11.1. The molecule has 0 aromatic carbocycles. The average molecular weight is 457 g/mol. The highest BCUT2D eigenvalue weighted by Gasteiger charge is 2.72. The molecular formula is C30H48O3. The summed E-state index contributed by atoms with van der Waals surface area (Å²) in [4.78, 5) is 26.3. The standard InChI is InChI=1S/C30H48O3/c1-19-20(32)16-21(33)24-27(5)13-15-29(7)23-17-25(2,3)10-11-26(23,4)12-14-28(29,6)22(27)8-9-30(19,24)18-31/h19,22-24,31H,8-18H2,1-7H3. The first-order chi connectivity index (χ1) is 15.2. The molecule has 5 fully saturated rings. The first-order valence-electron chi connectivity index (χ1n) is 13.9. The van der Waals surface area contributed by atoms with E-state index >= 15 is 0 Å². The molecule has 0 spiro atoms. The van der Waals surface area contributed by atoms with Crippen LogP contribution in [-0.4, -0.2) is 23.3 Å². The Labute approximate surface area is 201 Å². The van der Waals surface area contributed by atoms with E-state index in [9.17, 15) is 14.7 Å². The molecule has 0 aromatic rings. The highest BCUT2D eigenvalue weighted by molar-refractivity contribution is 6.05. The molecule has 9 unspecified atom stereocenters. The van der Waals surface area contributed by atoms with Crippen molar-refractivity contribution in [2.75, 3.05) is 6.61 Å². The third-order valence-corrected chi connectivity index (χ3v) is 13.5. The largest absolute Gasteiger partial charge is 0.396 e. The minimum Gasteiger partial charge on any atom is -0.396 e. The Morgan fingerprint density at radius 3 is 2.06 bits per heavy atom. The van der Waals surface area contributed by atoms with Gasteiger partial charge < -0.3 is 5.11 Å². The first kappa shape index (κ1) is 24.0. The van der Waals surface area contributed by atoms with Crippen molar-refractivity contribution in [3.05, 3.63) is 0 Å². The van der Waals surface area contributed by atoms with E-state index in [1.54, 1.807) is 0 Å². The van der Waals surface area contributed by atoms with Crippen LogP contribution < -0.4 is 0 Å². The van der Waals surface area contributed by atoms with Gasteiger partial charge in [-0.25, -0.2) is 0 Å². The van der Waals surface area contributed by atoms with Crippen LogP contribution in [0, 0.1) is 56.2 Å². The molecule has 5 saturated carbocycles. The smallest absolute Gasteiger partial charge is 0.144 e. The van der Waals surface area contributed by atoms with Gasteiger partial charge in [-0.15, -0.1) is 0 Å². The Morgan fingerprint density at radius 2 is 1.39 bits per heavy atom. The summed E-state index contributed by atoms with van der Waals surface area (Å²) >= 11 is 0. The maximum absolute atomic E-state index is 13.6. The van der Waals surface area contributed by atoms with Gasteiger partial charge in [-0.3, -0.25) is 9.59 Å². The number of ketones is 2. The molecule has 0 bridgehead atoms. The van der Waals surface area contributed by atoms with E-state index in [-0.39, 0.29) is 47.3 Å². The Bertz CT molecular complexity index is 876. The third-order valence-electron chi connectivity index (χ3n) is 13.5. The molecule has 0 aromatic heterocycles. The molecule has 5 rings (SSSR count). The van der Waals surface area contributed by atoms with Crippen molar-refractivity contribution in [2.45, 2.75) is 113 Å². The molecule has 5 aliphatic rings. The molecule has 0 amide bonds. The SMILES string of the molecule is CC1C(=O)CC(=O)C2C3(C)CCC4(C)C5CC(C)(C)CCC5(C)CCC4(C)C3CCC12CO. The molecule has 33 heavy (non-hydrogen) atoms. The van der Waals surface area contributed by atoms with Crippen LogP contribution in [-0.2, 0) is 9.59 Å². The summed E-state index contributed by atoms with van der Waals surface area (Å²) in [6.45, 7) is 17.1. The van der Waals surface area contributed by atoms with Gasteiger partial charge in [0.05, 0.1) is 13.0 Å². The summed E-state index contributed by atoms with van der Waals surface area (Å²) in [5.41, 5.74) is 0.712. The molecule has 5 aliphatic carbocycles. The van der Waals surface area contributed by atoms with Gasteiger partial charge in [0.15, 0.2) is 0 Å². The van der Waals surface area contributed by atoms with Crippen molar-refractivity contribution in [2.24, 2.45) is 56.2 Å². The lowest BCUT2D eigenvalue weighted by Gasteiger charge is -2.74. The summed E-state index contributed by atoms with van der Waals surface area (Å²) in [6, 6.07) is 0. The van der Waals surface area contributed by atoms with Gasteiger partial charge >= 0.3 is 0 Å². The Morgan fingerprint density at radius 1 is 0.788 bits per heavy atom. The lowest BCUT2D eigenvalue weighted by Crippen LogP contribution is -2.69. The molecule has 1 N–H and O–H groups in total. The zero-order chi connectivity index (χ0) is 24.2. The molecule has 186 valence electrons. The van der Waals surface area contributed by atoms with Crippen LogP contribution in [0.3, 0.4) is 0 Å². The zero-order valence-corrected chi connectivity index (χ0v) is 22.4. The van der Waals surface area contributed by atoms with Gasteiger partial charge in [-0.05, 0) is 96.7 Å². The van der Waals surface area contributed by atoms with Gasteiger partial charge in [0.2, 0.25) is 0 Å². The highest BCUT2D eigenvalue weighted by Crippen LogP contribution is 2.78. The molecular weight excluding hydrogens is 408 g/mol. The number of hydrogen-bond donors (Lipinski definition) is 1. The average Bonchev–Trinajstić information content (AvgIpc) is 2.74. The van der Waals surface area contributed by atoms with Crippen molar-refractivity contribution in [1.29, 1.82) is 0 Å². The van der Waals surface area contributed by atoms with Gasteiger partial charge in [-0.2, -0.15) is 0 Å². The van der Waals surface area contributed by atoms with Gasteiger partial charge in [0.1, 0.15) is 11.6 Å². The lowest BCUT2D eigenvalue weighted by atomic mass is 9.30. The van der Waals surface area contributed by atoms with Crippen LogP contribution in [0.1, 0.15) is 113 Å². The van der Waals surface area contributed by atoms with Gasteiger partial charge in [0.25, 0.3) is 0 Å². The van der Waals surface area contributed by atoms with Crippen LogP contribution in [0.5, 0.6) is 0 Å². The fourth-order valence-corrected chi connectivity index (χ4v) is 11.1. The lowest BCUT2D eigenvalue weighted by molar-refractivity contribution is -0.256. The zero-order valence-electron chi connectivity index (χ0n) is 22.4. The molecule has 3 nitrogen and oxygen atoms in total. The summed E-state index contributed by atoms with van der Waals surface area (Å²) in [7, 11) is 0. The number of Topliss-reactive ketones (excluding diaryl/α,β-unsaturated/α-hetero) is 2. The second-order valence-electron chi connectivity index (χ2n) is 15.2. The van der Waals surface area contributed by atoms with E-state index in [1.165, 1.54) is 38.5 Å². The number of aliphatic hydroxyl groups excluding tert-OH is 1. The summed E-state index contributed by atoms with van der Waals surface area (Å²) in [6.07, 6.45) is 10.8. The summed E-state index contributed by atoms with van der Waals surface area (Å²) < 4.78 is 0. The topological polar surface area (TPSA) is 54.4 Å². The molecule has 0 radical (unpaired) electrons. The third kappa shape index (κ3) is 2.84. The van der Waals surface area contributed by atoms with Crippen molar-refractivity contribution in [3.63, 3.8) is 0 Å². The normalized spacial score (nSPS) is 55.8. The Balaban J connectivity index is 1.59. The molecule has 9 atom stereocenters. The highest BCUT2D eigenvalue weighted by atomic mass is 16.3. The molecule has 0 aliphatic heterocycles. The number of rotatable bonds is 1. The quantitative estimate of drug-likeness (QED) is 0.452. The number of fused-ring (bicyclic) bond motifs is 7. The van der Waals surface area contributed by atoms with Gasteiger partial charge in [0, 0.05) is 17.3 Å². The molecule has 0 saturated heterocycles. The number of carbonyl (C=O) groups is 2. The van der Waals surface area contributed by atoms with Crippen molar-refractivity contribution >= 4 is 11.6 Å². The number of hydrogen-bond acceptors (Lipinski definition) is 3. The van der Waals surface area contributed by atoms with E-state index in [4.69, 9.17) is 0 Å². The maximum atomic E-state index is 13.6. The van der Waals surface area contributed by atoms with Crippen LogP contribution in [0.2, 0.25) is 0 Å². The minimum atomic E-state index is -0.544. The van der Waals surface area contributed by atoms with Crippen LogP contribution in [0.25, 0.3) is 0 Å². The monoisotopic (exact) mass is 456 g/mol. The maximum Gasteiger partial charge on any atom is 0.144 e. The van der Waals surface area contributed by atoms with E-state index in [0.717, 1.165) is 25.2 Å². The number of carbonyl (C=O) groups excluding carboxylic acids is 2. The van der Waals surface area contributed by atoms with E-state index < -0.39 is 5.41 Å². The van der Waals surface area contributed by atoms with Crippen LogP contribution >= 0.6 is 0 Å². The van der Waals surface area contributed by atoms with Crippen molar-refractivity contribution in [1.82, 2.24) is 0 Å². The molecule has 3 heteroatoms. The number of aliphatic hydroxyl groups is 1. The van der Waals surface area contributed by atoms with E-state index in [0.29, 0.717) is 22.2 Å². The van der Waals surface area contributed by atoms with Gasteiger partial charge in [-0.1, -0.05) is 48.5 Å². The Hall–Kier alpha value is -0.700. The predicted molar refractivity (Wildman–Crippen MR) is 132 cm³/mol.